The largest absolute Gasteiger partial charge is 0.465 e. The molecule has 0 saturated heterocycles. The lowest BCUT2D eigenvalue weighted by Crippen LogP contribution is -2.16. The highest BCUT2D eigenvalue weighted by Crippen LogP contribution is 2.28. The van der Waals surface area contributed by atoms with Crippen molar-refractivity contribution < 1.29 is 14.3 Å². The van der Waals surface area contributed by atoms with Crippen molar-refractivity contribution in [2.24, 2.45) is 0 Å². The van der Waals surface area contributed by atoms with Crippen LogP contribution in [0.1, 0.15) is 10.4 Å². The van der Waals surface area contributed by atoms with E-state index >= 15 is 0 Å². The van der Waals surface area contributed by atoms with E-state index in [1.807, 2.05) is 30.3 Å². The number of rotatable bonds is 2. The fraction of sp³-hybridized carbons (Fsp3) is 0.200. The molecule has 104 valence electrons. The van der Waals surface area contributed by atoms with Crippen LogP contribution in [0.5, 0.6) is 0 Å². The topological polar surface area (TPSA) is 46.6 Å². The molecule has 0 aliphatic rings. The van der Waals surface area contributed by atoms with Crippen LogP contribution in [0.25, 0.3) is 10.8 Å². The molecule has 0 fully saturated rings. The smallest absolute Gasteiger partial charge is 0.338 e. The van der Waals surface area contributed by atoms with Gasteiger partial charge in [-0.3, -0.25) is 4.79 Å². The second kappa shape index (κ2) is 5.96. The number of carbonyl (C=O) groups excluding carboxylic acids is 2. The molecule has 2 aromatic carbocycles. The second-order valence-electron chi connectivity index (χ2n) is 4.45. The molecule has 2 aromatic rings. The Morgan fingerprint density at radius 2 is 1.85 bits per heavy atom. The summed E-state index contributed by atoms with van der Waals surface area (Å²) < 4.78 is 4.81. The van der Waals surface area contributed by atoms with Crippen molar-refractivity contribution in [2.75, 3.05) is 21.2 Å². The zero-order valence-electron chi connectivity index (χ0n) is 11.5. The van der Waals surface area contributed by atoms with Gasteiger partial charge in [0.05, 0.1) is 12.7 Å². The molecular formula is C15H15NO3S. The minimum atomic E-state index is -0.402. The fourth-order valence-electron chi connectivity index (χ4n) is 1.81. The molecule has 20 heavy (non-hydrogen) atoms. The molecule has 2 rings (SSSR count). The molecule has 0 heterocycles. The first kappa shape index (κ1) is 14.4. The number of fused-ring (bicyclic) bond motifs is 1. The van der Waals surface area contributed by atoms with Crippen LogP contribution in [0.15, 0.2) is 41.3 Å². The van der Waals surface area contributed by atoms with Crippen molar-refractivity contribution in [1.29, 1.82) is 0 Å². The number of methoxy groups -OCH3 is 1. The number of esters is 1. The van der Waals surface area contributed by atoms with E-state index in [0.29, 0.717) is 5.56 Å². The summed E-state index contributed by atoms with van der Waals surface area (Å²) in [5, 5.41) is 1.64. The molecule has 0 atom stereocenters. The molecule has 0 aliphatic carbocycles. The van der Waals surface area contributed by atoms with Gasteiger partial charge in [0.2, 0.25) is 0 Å². The Morgan fingerprint density at radius 3 is 2.50 bits per heavy atom. The van der Waals surface area contributed by atoms with Crippen molar-refractivity contribution in [3.8, 4) is 0 Å². The summed E-state index contributed by atoms with van der Waals surface area (Å²) >= 11 is 1.09. The third kappa shape index (κ3) is 2.93. The van der Waals surface area contributed by atoms with Gasteiger partial charge < -0.3 is 9.64 Å². The summed E-state index contributed by atoms with van der Waals surface area (Å²) in [6, 6.07) is 11.1. The van der Waals surface area contributed by atoms with E-state index in [1.54, 1.807) is 20.2 Å². The lowest BCUT2D eigenvalue weighted by molar-refractivity contribution is 0.0602. The van der Waals surface area contributed by atoms with Crippen LogP contribution in [0.4, 0.5) is 4.79 Å². The Hall–Kier alpha value is -2.01. The van der Waals surface area contributed by atoms with E-state index in [0.717, 1.165) is 27.4 Å². The molecule has 0 bridgehead atoms. The minimum Gasteiger partial charge on any atom is -0.465 e. The average Bonchev–Trinajstić information content (AvgIpc) is 2.45. The first-order valence-corrected chi connectivity index (χ1v) is 6.85. The molecule has 0 saturated carbocycles. The van der Waals surface area contributed by atoms with Crippen LogP contribution in [-0.4, -0.2) is 37.3 Å². The predicted molar refractivity (Wildman–Crippen MR) is 80.2 cm³/mol. The number of benzene rings is 2. The predicted octanol–water partition coefficient (Wildman–Crippen LogP) is 3.40. The number of ether oxygens (including phenoxy) is 1. The van der Waals surface area contributed by atoms with Gasteiger partial charge in [0.1, 0.15) is 0 Å². The molecule has 5 heteroatoms. The highest BCUT2D eigenvalue weighted by molar-refractivity contribution is 8.13. The van der Waals surface area contributed by atoms with E-state index in [9.17, 15) is 9.59 Å². The van der Waals surface area contributed by atoms with Crippen molar-refractivity contribution >= 4 is 33.7 Å². The Balaban J connectivity index is 2.52. The van der Waals surface area contributed by atoms with Gasteiger partial charge in [-0.25, -0.2) is 4.79 Å². The highest BCUT2D eigenvalue weighted by atomic mass is 32.2. The number of hydrogen-bond donors (Lipinski definition) is 0. The summed E-state index contributed by atoms with van der Waals surface area (Å²) in [4.78, 5) is 25.9. The van der Waals surface area contributed by atoms with Gasteiger partial charge >= 0.3 is 5.97 Å². The van der Waals surface area contributed by atoms with Crippen LogP contribution >= 0.6 is 11.8 Å². The summed E-state index contributed by atoms with van der Waals surface area (Å²) in [5.74, 6) is -0.402. The Morgan fingerprint density at radius 1 is 1.15 bits per heavy atom. The van der Waals surface area contributed by atoms with Gasteiger partial charge in [-0.15, -0.1) is 0 Å². The van der Waals surface area contributed by atoms with Gasteiger partial charge in [0, 0.05) is 19.0 Å². The van der Waals surface area contributed by atoms with E-state index in [4.69, 9.17) is 4.74 Å². The third-order valence-corrected chi connectivity index (χ3v) is 3.82. The van der Waals surface area contributed by atoms with E-state index in [2.05, 4.69) is 0 Å². The number of hydrogen-bond acceptors (Lipinski definition) is 4. The monoisotopic (exact) mass is 289 g/mol. The third-order valence-electron chi connectivity index (χ3n) is 2.81. The molecule has 0 unspecified atom stereocenters. The minimum absolute atomic E-state index is 0.0869. The number of nitrogens with zero attached hydrogens (tertiary/aromatic N) is 1. The van der Waals surface area contributed by atoms with Gasteiger partial charge in [0.25, 0.3) is 5.24 Å². The summed E-state index contributed by atoms with van der Waals surface area (Å²) in [7, 11) is 4.73. The molecular weight excluding hydrogens is 274 g/mol. The zero-order chi connectivity index (χ0) is 14.7. The molecule has 4 nitrogen and oxygen atoms in total. The van der Waals surface area contributed by atoms with Crippen molar-refractivity contribution in [3.63, 3.8) is 0 Å². The highest BCUT2D eigenvalue weighted by Gasteiger charge is 2.14. The van der Waals surface area contributed by atoms with Crippen molar-refractivity contribution in [1.82, 2.24) is 4.90 Å². The average molecular weight is 289 g/mol. The maximum absolute atomic E-state index is 11.9. The summed E-state index contributed by atoms with van der Waals surface area (Å²) in [5.41, 5.74) is 0.472. The quantitative estimate of drug-likeness (QED) is 0.628. The van der Waals surface area contributed by atoms with E-state index in [1.165, 1.54) is 12.0 Å². The molecule has 0 aromatic heterocycles. The first-order valence-electron chi connectivity index (χ1n) is 6.03. The van der Waals surface area contributed by atoms with Crippen molar-refractivity contribution in [2.45, 2.75) is 4.90 Å². The normalized spacial score (nSPS) is 10.3. The van der Waals surface area contributed by atoms with Crippen LogP contribution < -0.4 is 0 Å². The van der Waals surface area contributed by atoms with Gasteiger partial charge in [0.15, 0.2) is 0 Å². The fourth-order valence-corrected chi connectivity index (χ4v) is 2.56. The van der Waals surface area contributed by atoms with Crippen LogP contribution in [0, 0.1) is 0 Å². The maximum Gasteiger partial charge on any atom is 0.338 e. The standard InChI is InChI=1S/C15H15NO3S/c1-16(2)15(18)20-11-8-10-6-4-5-7-12(10)13(9-11)14(17)19-3/h4-9H,1-3H3. The molecule has 1 amide bonds. The van der Waals surface area contributed by atoms with Crippen LogP contribution in [0.2, 0.25) is 0 Å². The Labute approximate surface area is 121 Å². The lowest BCUT2D eigenvalue weighted by Gasteiger charge is -2.11. The first-order chi connectivity index (χ1) is 9.52. The van der Waals surface area contributed by atoms with Crippen LogP contribution in [0.3, 0.4) is 0 Å². The van der Waals surface area contributed by atoms with E-state index in [-0.39, 0.29) is 5.24 Å². The lowest BCUT2D eigenvalue weighted by atomic mass is 10.0. The van der Waals surface area contributed by atoms with Gasteiger partial charge in [-0.1, -0.05) is 24.3 Å². The second-order valence-corrected chi connectivity index (χ2v) is 5.47. The Bertz CT molecular complexity index is 667. The Kier molecular flexibility index (Phi) is 4.29. The summed E-state index contributed by atoms with van der Waals surface area (Å²) in [6.07, 6.45) is 0. The maximum atomic E-state index is 11.9. The number of carbonyl (C=O) groups is 2. The van der Waals surface area contributed by atoms with Gasteiger partial charge in [-0.05, 0) is 34.7 Å². The zero-order valence-corrected chi connectivity index (χ0v) is 12.4. The molecule has 0 spiro atoms. The molecule has 0 radical (unpaired) electrons. The summed E-state index contributed by atoms with van der Waals surface area (Å²) in [6.45, 7) is 0. The van der Waals surface area contributed by atoms with Crippen molar-refractivity contribution in [3.05, 3.63) is 42.0 Å². The molecule has 0 aliphatic heterocycles. The van der Waals surface area contributed by atoms with E-state index < -0.39 is 5.97 Å². The number of amides is 1. The number of thioether (sulfide) groups is 1. The molecule has 0 N–H and O–H groups in total. The van der Waals surface area contributed by atoms with Gasteiger partial charge in [-0.2, -0.15) is 0 Å². The SMILES string of the molecule is COC(=O)c1cc(SC(=O)N(C)C)cc2ccccc12. The van der Waals surface area contributed by atoms with Crippen LogP contribution in [-0.2, 0) is 4.74 Å².